The van der Waals surface area contributed by atoms with Gasteiger partial charge in [-0.15, -0.1) is 0 Å². The molecule has 0 spiro atoms. The summed E-state index contributed by atoms with van der Waals surface area (Å²) in [6.07, 6.45) is 7.68. The molecule has 2 aliphatic heterocycles. The van der Waals surface area contributed by atoms with E-state index in [4.69, 9.17) is 8.92 Å². The fourth-order valence-electron chi connectivity index (χ4n) is 4.50. The van der Waals surface area contributed by atoms with Crippen LogP contribution in [0.5, 0.6) is 0 Å². The zero-order valence-electron chi connectivity index (χ0n) is 9.65. The maximum Gasteiger partial charge on any atom is 0.264 e. The largest absolute Gasteiger partial charge is 0.371 e. The van der Waals surface area contributed by atoms with Crippen molar-refractivity contribution in [2.24, 2.45) is 23.7 Å². The lowest BCUT2D eigenvalue weighted by Crippen LogP contribution is -2.40. The van der Waals surface area contributed by atoms with Crippen LogP contribution >= 0.6 is 0 Å². The van der Waals surface area contributed by atoms with Gasteiger partial charge in [0, 0.05) is 6.42 Å². The first-order chi connectivity index (χ1) is 8.03. The topological polar surface area (TPSA) is 52.6 Å². The molecular formula is C12H16O4S. The highest BCUT2D eigenvalue weighted by atomic mass is 32.2. The number of fused-ring (bicyclic) bond motifs is 9. The molecule has 0 radical (unpaired) electrons. The standard InChI is InChI=1S/C12H16O4S/c1-17(13,14)16-9-5-8-10-6-2-3-7(4-6)11(10)12(9)15-8/h2-3,6-12H,4-5H2,1H3. The molecule has 0 amide bonds. The second-order valence-corrected chi connectivity index (χ2v) is 7.42. The molecule has 0 aromatic rings. The van der Waals surface area contributed by atoms with Crippen molar-refractivity contribution in [3.8, 4) is 0 Å². The summed E-state index contributed by atoms with van der Waals surface area (Å²) in [6, 6.07) is 0. The lowest BCUT2D eigenvalue weighted by atomic mass is 9.72. The maximum atomic E-state index is 11.2. The summed E-state index contributed by atoms with van der Waals surface area (Å²) in [6.45, 7) is 0. The van der Waals surface area contributed by atoms with Crippen molar-refractivity contribution < 1.29 is 17.3 Å². The normalized spacial score (nSPS) is 54.5. The van der Waals surface area contributed by atoms with Crippen LogP contribution in [0.3, 0.4) is 0 Å². The van der Waals surface area contributed by atoms with Crippen LogP contribution in [0.1, 0.15) is 12.8 Å². The molecule has 4 nitrogen and oxygen atoms in total. The van der Waals surface area contributed by atoms with Crippen molar-refractivity contribution in [2.45, 2.75) is 31.2 Å². The van der Waals surface area contributed by atoms with E-state index in [-0.39, 0.29) is 18.3 Å². The van der Waals surface area contributed by atoms with Crippen LogP contribution in [0.4, 0.5) is 0 Å². The van der Waals surface area contributed by atoms with E-state index in [2.05, 4.69) is 12.2 Å². The average molecular weight is 256 g/mol. The van der Waals surface area contributed by atoms with Crippen molar-refractivity contribution in [2.75, 3.05) is 6.26 Å². The van der Waals surface area contributed by atoms with Crippen molar-refractivity contribution in [1.82, 2.24) is 0 Å². The van der Waals surface area contributed by atoms with E-state index in [0.29, 0.717) is 23.7 Å². The Morgan fingerprint density at radius 2 is 1.88 bits per heavy atom. The Hall–Kier alpha value is -0.390. The zero-order chi connectivity index (χ0) is 11.8. The Morgan fingerprint density at radius 1 is 1.18 bits per heavy atom. The predicted octanol–water partition coefficient (Wildman–Crippen LogP) is 0.941. The van der Waals surface area contributed by atoms with Gasteiger partial charge < -0.3 is 4.74 Å². The highest BCUT2D eigenvalue weighted by Crippen LogP contribution is 2.60. The van der Waals surface area contributed by atoms with Gasteiger partial charge in [0.2, 0.25) is 0 Å². The maximum absolute atomic E-state index is 11.2. The van der Waals surface area contributed by atoms with Crippen LogP contribution < -0.4 is 0 Å². The Labute approximate surface area is 101 Å². The van der Waals surface area contributed by atoms with Gasteiger partial charge in [-0.25, -0.2) is 0 Å². The van der Waals surface area contributed by atoms with Crippen LogP contribution in [0.25, 0.3) is 0 Å². The summed E-state index contributed by atoms with van der Waals surface area (Å²) in [4.78, 5) is 0. The molecule has 7 unspecified atom stereocenters. The zero-order valence-corrected chi connectivity index (χ0v) is 10.5. The molecule has 94 valence electrons. The van der Waals surface area contributed by atoms with Crippen molar-refractivity contribution >= 4 is 10.1 Å². The first kappa shape index (κ1) is 10.5. The van der Waals surface area contributed by atoms with Crippen LogP contribution in [0.15, 0.2) is 12.2 Å². The summed E-state index contributed by atoms with van der Waals surface area (Å²) in [5, 5.41) is 0. The summed E-state index contributed by atoms with van der Waals surface area (Å²) in [5.74, 6) is 2.37. The molecule has 2 aliphatic carbocycles. The quantitative estimate of drug-likeness (QED) is 0.545. The van der Waals surface area contributed by atoms with Gasteiger partial charge >= 0.3 is 0 Å². The third-order valence-electron chi connectivity index (χ3n) is 4.85. The van der Waals surface area contributed by atoms with Gasteiger partial charge in [0.25, 0.3) is 10.1 Å². The molecule has 3 fully saturated rings. The first-order valence-corrected chi connectivity index (χ1v) is 8.06. The number of ether oxygens (including phenoxy) is 1. The summed E-state index contributed by atoms with van der Waals surface area (Å²) >= 11 is 0. The number of hydrogen-bond acceptors (Lipinski definition) is 4. The molecule has 5 heteroatoms. The minimum atomic E-state index is -3.37. The van der Waals surface area contributed by atoms with Gasteiger partial charge in [-0.05, 0) is 30.1 Å². The fourth-order valence-corrected chi connectivity index (χ4v) is 5.13. The van der Waals surface area contributed by atoms with Crippen molar-refractivity contribution in [3.05, 3.63) is 12.2 Å². The molecule has 0 aromatic carbocycles. The fraction of sp³-hybridized carbons (Fsp3) is 0.833. The highest BCUT2D eigenvalue weighted by molar-refractivity contribution is 7.86. The SMILES string of the molecule is CS(=O)(=O)OC1CC2OC1C1C3C=CC(C3)C21. The first-order valence-electron chi connectivity index (χ1n) is 6.25. The molecule has 2 heterocycles. The highest BCUT2D eigenvalue weighted by Gasteiger charge is 2.63. The van der Waals surface area contributed by atoms with E-state index in [1.165, 1.54) is 6.42 Å². The van der Waals surface area contributed by atoms with Gasteiger partial charge in [0.15, 0.2) is 0 Å². The Morgan fingerprint density at radius 3 is 2.59 bits per heavy atom. The third kappa shape index (κ3) is 1.39. The molecule has 4 bridgehead atoms. The van der Waals surface area contributed by atoms with Gasteiger partial charge in [-0.1, -0.05) is 12.2 Å². The second-order valence-electron chi connectivity index (χ2n) is 5.82. The number of rotatable bonds is 2. The van der Waals surface area contributed by atoms with E-state index in [1.54, 1.807) is 0 Å². The molecular weight excluding hydrogens is 240 g/mol. The van der Waals surface area contributed by atoms with E-state index in [9.17, 15) is 8.42 Å². The van der Waals surface area contributed by atoms with Gasteiger partial charge in [-0.2, -0.15) is 8.42 Å². The van der Waals surface area contributed by atoms with E-state index < -0.39 is 10.1 Å². The Balaban J connectivity index is 1.61. The Bertz CT molecular complexity index is 483. The lowest BCUT2D eigenvalue weighted by Gasteiger charge is -2.32. The molecule has 7 atom stereocenters. The summed E-state index contributed by atoms with van der Waals surface area (Å²) in [5.41, 5.74) is 0. The molecule has 17 heavy (non-hydrogen) atoms. The number of allylic oxidation sites excluding steroid dienone is 2. The van der Waals surface area contributed by atoms with Gasteiger partial charge in [0.05, 0.1) is 18.5 Å². The minimum Gasteiger partial charge on any atom is -0.371 e. The van der Waals surface area contributed by atoms with Crippen LogP contribution in [-0.4, -0.2) is 33.0 Å². The summed E-state index contributed by atoms with van der Waals surface area (Å²) < 4.78 is 33.6. The average Bonchev–Trinajstić information content (AvgIpc) is 2.91. The summed E-state index contributed by atoms with van der Waals surface area (Å²) in [7, 11) is -3.37. The minimum absolute atomic E-state index is 0.000301. The molecule has 2 saturated heterocycles. The molecule has 1 saturated carbocycles. The molecule has 4 rings (SSSR count). The van der Waals surface area contributed by atoms with Crippen molar-refractivity contribution in [3.63, 3.8) is 0 Å². The van der Waals surface area contributed by atoms with Gasteiger partial charge in [-0.3, -0.25) is 4.18 Å². The van der Waals surface area contributed by atoms with E-state index in [0.717, 1.165) is 12.7 Å². The Kier molecular flexibility index (Phi) is 1.94. The number of hydrogen-bond donors (Lipinski definition) is 0. The van der Waals surface area contributed by atoms with Gasteiger partial charge in [0.1, 0.15) is 6.10 Å². The molecule has 4 aliphatic rings. The van der Waals surface area contributed by atoms with E-state index >= 15 is 0 Å². The smallest absolute Gasteiger partial charge is 0.264 e. The predicted molar refractivity (Wildman–Crippen MR) is 60.7 cm³/mol. The van der Waals surface area contributed by atoms with Crippen LogP contribution in [-0.2, 0) is 19.0 Å². The monoisotopic (exact) mass is 256 g/mol. The van der Waals surface area contributed by atoms with Crippen LogP contribution in [0, 0.1) is 23.7 Å². The molecule has 0 N–H and O–H groups in total. The van der Waals surface area contributed by atoms with E-state index in [1.807, 2.05) is 0 Å². The van der Waals surface area contributed by atoms with Crippen molar-refractivity contribution in [1.29, 1.82) is 0 Å². The lowest BCUT2D eigenvalue weighted by molar-refractivity contribution is 0.0375. The molecule has 0 aromatic heterocycles. The van der Waals surface area contributed by atoms with Crippen LogP contribution in [0.2, 0.25) is 0 Å². The second kappa shape index (κ2) is 3.13. The third-order valence-corrected chi connectivity index (χ3v) is 5.45.